The third kappa shape index (κ3) is 4.15. The van der Waals surface area contributed by atoms with Crippen molar-refractivity contribution in [2.24, 2.45) is 7.05 Å². The highest BCUT2D eigenvalue weighted by Gasteiger charge is 2.28. The van der Waals surface area contributed by atoms with E-state index in [1.54, 1.807) is 30.3 Å². The third-order valence-electron chi connectivity index (χ3n) is 5.70. The monoisotopic (exact) mass is 442 g/mol. The molecule has 2 aromatic carbocycles. The van der Waals surface area contributed by atoms with Crippen LogP contribution >= 0.6 is 0 Å². The molecule has 0 atom stereocenters. The first kappa shape index (κ1) is 20.7. The van der Waals surface area contributed by atoms with Gasteiger partial charge < -0.3 is 10.1 Å². The number of aromatic nitrogens is 3. The molecule has 0 spiro atoms. The zero-order valence-electron chi connectivity index (χ0n) is 18.2. The molecule has 1 fully saturated rings. The summed E-state index contributed by atoms with van der Waals surface area (Å²) in [5.74, 6) is 1.15. The average molecular weight is 442 g/mol. The number of fused-ring (bicyclic) bond motifs is 1. The van der Waals surface area contributed by atoms with E-state index < -0.39 is 17.2 Å². The Morgan fingerprint density at radius 3 is 2.33 bits per heavy atom. The lowest BCUT2D eigenvalue weighted by atomic mass is 10.1. The number of nitrogens with one attached hydrogen (secondary N) is 2. The predicted octanol–water partition coefficient (Wildman–Crippen LogP) is 3.85. The van der Waals surface area contributed by atoms with E-state index in [0.717, 1.165) is 29.8 Å². The molecule has 4 aromatic rings. The van der Waals surface area contributed by atoms with Gasteiger partial charge in [0.1, 0.15) is 17.1 Å². The number of benzene rings is 2. The zero-order chi connectivity index (χ0) is 23.1. The van der Waals surface area contributed by atoms with Crippen LogP contribution in [0.15, 0.2) is 64.2 Å². The molecule has 8 heteroatoms. The van der Waals surface area contributed by atoms with Crippen molar-refractivity contribution in [1.29, 1.82) is 0 Å². The number of carbonyl (C=O) groups excluding carboxylic acids is 1. The molecular weight excluding hydrogens is 420 g/mol. The van der Waals surface area contributed by atoms with Crippen molar-refractivity contribution in [1.82, 2.24) is 14.5 Å². The minimum atomic E-state index is -0.630. The van der Waals surface area contributed by atoms with E-state index >= 15 is 0 Å². The molecule has 0 aliphatic heterocycles. The first-order valence-corrected chi connectivity index (χ1v) is 10.7. The Morgan fingerprint density at radius 1 is 1.06 bits per heavy atom. The summed E-state index contributed by atoms with van der Waals surface area (Å²) in [6.07, 6.45) is 1.94. The highest BCUT2D eigenvalue weighted by molar-refractivity contribution is 6.11. The van der Waals surface area contributed by atoms with Crippen molar-refractivity contribution in [3.63, 3.8) is 0 Å². The summed E-state index contributed by atoms with van der Waals surface area (Å²) in [4.78, 5) is 44.6. The molecule has 1 aliphatic carbocycles. The van der Waals surface area contributed by atoms with Crippen molar-refractivity contribution in [2.75, 3.05) is 5.32 Å². The van der Waals surface area contributed by atoms with Crippen molar-refractivity contribution in [2.45, 2.75) is 25.7 Å². The van der Waals surface area contributed by atoms with Gasteiger partial charge >= 0.3 is 5.69 Å². The standard InChI is InChI=1S/C25H22N4O4/c1-14-3-9-17(10-4-14)33-18-11-7-16(8-12-18)26-23(30)19-13-20(15-5-6-15)27-22-21(19)24(31)28-25(32)29(22)2/h3-4,7-13,15H,5-6H2,1-2H3,(H,26,30)(H,28,31,32). The Hall–Kier alpha value is -4.20. The van der Waals surface area contributed by atoms with Crippen LogP contribution in [0, 0.1) is 6.92 Å². The van der Waals surface area contributed by atoms with Gasteiger partial charge in [0.2, 0.25) is 0 Å². The van der Waals surface area contributed by atoms with Crippen LogP contribution in [0.2, 0.25) is 0 Å². The predicted molar refractivity (Wildman–Crippen MR) is 125 cm³/mol. The van der Waals surface area contributed by atoms with Gasteiger partial charge in [-0.3, -0.25) is 19.1 Å². The van der Waals surface area contributed by atoms with Crippen molar-refractivity contribution < 1.29 is 9.53 Å². The number of H-pyrrole nitrogens is 1. The molecule has 0 radical (unpaired) electrons. The van der Waals surface area contributed by atoms with Crippen molar-refractivity contribution >= 4 is 22.6 Å². The smallest absolute Gasteiger partial charge is 0.329 e. The number of nitrogens with zero attached hydrogens (tertiary/aromatic N) is 2. The molecule has 8 nitrogen and oxygen atoms in total. The number of hydrogen-bond acceptors (Lipinski definition) is 5. The maximum Gasteiger partial charge on any atom is 0.329 e. The van der Waals surface area contributed by atoms with E-state index in [0.29, 0.717) is 11.4 Å². The van der Waals surface area contributed by atoms with E-state index in [1.807, 2.05) is 31.2 Å². The number of amides is 1. The summed E-state index contributed by atoms with van der Waals surface area (Å²) < 4.78 is 7.09. The summed E-state index contributed by atoms with van der Waals surface area (Å²) in [7, 11) is 1.53. The Labute approximate surface area is 188 Å². The van der Waals surface area contributed by atoms with Crippen LogP contribution in [0.4, 0.5) is 5.69 Å². The third-order valence-corrected chi connectivity index (χ3v) is 5.70. The molecule has 1 saturated carbocycles. The lowest BCUT2D eigenvalue weighted by Gasteiger charge is -2.12. The van der Waals surface area contributed by atoms with Crippen LogP contribution in [0.5, 0.6) is 11.5 Å². The topological polar surface area (TPSA) is 106 Å². The van der Waals surface area contributed by atoms with E-state index in [1.165, 1.54) is 11.6 Å². The second kappa shape index (κ2) is 8.05. The minimum absolute atomic E-state index is 0.0957. The van der Waals surface area contributed by atoms with Gasteiger partial charge in [0.15, 0.2) is 0 Å². The SMILES string of the molecule is Cc1ccc(Oc2ccc(NC(=O)c3cc(C4CC4)nc4c3c(=O)[nH]c(=O)n4C)cc2)cc1. The molecular formula is C25H22N4O4. The maximum atomic E-state index is 13.2. The quantitative estimate of drug-likeness (QED) is 0.488. The van der Waals surface area contributed by atoms with E-state index in [-0.39, 0.29) is 22.5 Å². The molecule has 2 N–H and O–H groups in total. The molecule has 166 valence electrons. The molecule has 0 bridgehead atoms. The number of carbonyl (C=O) groups is 1. The number of hydrogen-bond donors (Lipinski definition) is 2. The van der Waals surface area contributed by atoms with Crippen LogP contribution in [0.3, 0.4) is 0 Å². The molecule has 2 aromatic heterocycles. The number of pyridine rings is 1. The molecule has 2 heterocycles. The fourth-order valence-corrected chi connectivity index (χ4v) is 3.67. The first-order chi connectivity index (χ1) is 15.9. The Kier molecular flexibility index (Phi) is 5.05. The van der Waals surface area contributed by atoms with Gasteiger partial charge in [-0.2, -0.15) is 0 Å². The number of ether oxygens (including phenoxy) is 1. The van der Waals surface area contributed by atoms with Crippen LogP contribution in [0.25, 0.3) is 11.0 Å². The molecule has 0 saturated heterocycles. The number of aromatic amines is 1. The molecule has 33 heavy (non-hydrogen) atoms. The number of anilines is 1. The normalized spacial score (nSPS) is 13.2. The van der Waals surface area contributed by atoms with Crippen molar-refractivity contribution in [3.8, 4) is 11.5 Å². The number of rotatable bonds is 5. The van der Waals surface area contributed by atoms with Gasteiger partial charge in [0, 0.05) is 24.3 Å². The zero-order valence-corrected chi connectivity index (χ0v) is 18.2. The summed E-state index contributed by atoms with van der Waals surface area (Å²) in [6, 6.07) is 16.3. The van der Waals surface area contributed by atoms with Crippen LogP contribution in [-0.2, 0) is 7.05 Å². The fraction of sp³-hybridized carbons (Fsp3) is 0.200. The Balaban J connectivity index is 1.44. The summed E-state index contributed by atoms with van der Waals surface area (Å²) in [6.45, 7) is 2.01. The summed E-state index contributed by atoms with van der Waals surface area (Å²) in [5, 5.41) is 2.93. The van der Waals surface area contributed by atoms with Gasteiger partial charge in [-0.15, -0.1) is 0 Å². The van der Waals surface area contributed by atoms with Gasteiger partial charge in [-0.1, -0.05) is 17.7 Å². The average Bonchev–Trinajstić information content (AvgIpc) is 3.65. The van der Waals surface area contributed by atoms with Crippen molar-refractivity contribution in [3.05, 3.63) is 92.3 Å². The summed E-state index contributed by atoms with van der Waals surface area (Å²) in [5.41, 5.74) is 1.62. The van der Waals surface area contributed by atoms with Gasteiger partial charge in [0.25, 0.3) is 11.5 Å². The lowest BCUT2D eigenvalue weighted by molar-refractivity contribution is 0.102. The maximum absolute atomic E-state index is 13.2. The highest BCUT2D eigenvalue weighted by atomic mass is 16.5. The Morgan fingerprint density at radius 2 is 1.70 bits per heavy atom. The van der Waals surface area contributed by atoms with E-state index in [9.17, 15) is 14.4 Å². The highest BCUT2D eigenvalue weighted by Crippen LogP contribution is 2.40. The van der Waals surface area contributed by atoms with Gasteiger partial charge in [0.05, 0.1) is 10.9 Å². The van der Waals surface area contributed by atoms with E-state index in [2.05, 4.69) is 15.3 Å². The summed E-state index contributed by atoms with van der Waals surface area (Å²) >= 11 is 0. The second-order valence-electron chi connectivity index (χ2n) is 8.28. The molecule has 0 unspecified atom stereocenters. The van der Waals surface area contributed by atoms with Gasteiger partial charge in [-0.25, -0.2) is 9.78 Å². The first-order valence-electron chi connectivity index (χ1n) is 10.7. The molecule has 5 rings (SSSR count). The number of aryl methyl sites for hydroxylation is 2. The second-order valence-corrected chi connectivity index (χ2v) is 8.28. The molecule has 1 amide bonds. The Bertz CT molecular complexity index is 1480. The minimum Gasteiger partial charge on any atom is -0.457 e. The lowest BCUT2D eigenvalue weighted by Crippen LogP contribution is -2.31. The van der Waals surface area contributed by atoms with Crippen LogP contribution in [0.1, 0.15) is 40.4 Å². The van der Waals surface area contributed by atoms with E-state index in [4.69, 9.17) is 4.74 Å². The fourth-order valence-electron chi connectivity index (χ4n) is 3.67. The van der Waals surface area contributed by atoms with Crippen LogP contribution in [-0.4, -0.2) is 20.4 Å². The molecule has 1 aliphatic rings. The van der Waals surface area contributed by atoms with Crippen LogP contribution < -0.4 is 21.3 Å². The van der Waals surface area contributed by atoms with Gasteiger partial charge in [-0.05, 0) is 62.2 Å². The largest absolute Gasteiger partial charge is 0.457 e.